The number of aryl methyl sites for hydroxylation is 1. The van der Waals surface area contributed by atoms with E-state index in [1.807, 2.05) is 39.0 Å². The maximum atomic E-state index is 12.4. The number of nitrogens with one attached hydrogen (secondary N) is 2. The molecule has 1 unspecified atom stereocenters. The number of hydrogen-bond donors (Lipinski definition) is 2. The Labute approximate surface area is 171 Å². The third kappa shape index (κ3) is 6.37. The zero-order chi connectivity index (χ0) is 21.4. The van der Waals surface area contributed by atoms with Crippen molar-refractivity contribution in [1.29, 1.82) is 0 Å². The molecule has 160 valence electrons. The zero-order valence-corrected chi connectivity index (χ0v) is 17.6. The highest BCUT2D eigenvalue weighted by atomic mass is 16.6. The number of likely N-dealkylation sites (tertiary alicyclic amines) is 1. The maximum absolute atomic E-state index is 12.4. The van der Waals surface area contributed by atoms with Crippen LogP contribution in [0.4, 0.5) is 4.79 Å². The van der Waals surface area contributed by atoms with Crippen molar-refractivity contribution in [2.75, 3.05) is 26.3 Å². The molecule has 1 heterocycles. The van der Waals surface area contributed by atoms with Crippen LogP contribution >= 0.6 is 0 Å². The van der Waals surface area contributed by atoms with Gasteiger partial charge in [-0.05, 0) is 46.6 Å². The number of nitrogens with zero attached hydrogens (tertiary/aromatic N) is 1. The monoisotopic (exact) mass is 405 g/mol. The molecule has 1 saturated heterocycles. The van der Waals surface area contributed by atoms with Crippen LogP contribution in [0.1, 0.15) is 50.8 Å². The molecule has 1 fully saturated rings. The number of carbonyl (C=O) groups excluding carboxylic acids is 3. The second-order valence-corrected chi connectivity index (χ2v) is 7.10. The minimum absolute atomic E-state index is 0.146. The molecular weight excluding hydrogens is 374 g/mol. The van der Waals surface area contributed by atoms with Gasteiger partial charge in [-0.15, -0.1) is 0 Å². The molecule has 2 rings (SSSR count). The number of rotatable bonds is 6. The van der Waals surface area contributed by atoms with Gasteiger partial charge in [-0.2, -0.15) is 0 Å². The Morgan fingerprint density at radius 3 is 2.45 bits per heavy atom. The molecule has 29 heavy (non-hydrogen) atoms. The first-order chi connectivity index (χ1) is 13.8. The molecule has 1 aromatic carbocycles. The Hall–Kier alpha value is -2.77. The van der Waals surface area contributed by atoms with Crippen molar-refractivity contribution < 1.29 is 23.9 Å². The van der Waals surface area contributed by atoms with E-state index < -0.39 is 11.8 Å². The molecule has 1 atom stereocenters. The summed E-state index contributed by atoms with van der Waals surface area (Å²) in [6.07, 6.45) is 0.826. The summed E-state index contributed by atoms with van der Waals surface area (Å²) in [4.78, 5) is 38.0. The SMILES string of the molecule is CCOC(=O)N1CCC(NC(=O)C(=O)NC(C)c2cc(C)ccc2OCC)CC1. The predicted octanol–water partition coefficient (Wildman–Crippen LogP) is 2.31. The lowest BCUT2D eigenvalue weighted by Crippen LogP contribution is -2.50. The van der Waals surface area contributed by atoms with Crippen LogP contribution in [0, 0.1) is 6.92 Å². The van der Waals surface area contributed by atoms with E-state index >= 15 is 0 Å². The first-order valence-corrected chi connectivity index (χ1v) is 10.1. The summed E-state index contributed by atoms with van der Waals surface area (Å²) >= 11 is 0. The van der Waals surface area contributed by atoms with Gasteiger partial charge in [0.1, 0.15) is 5.75 Å². The molecule has 1 aliphatic heterocycles. The molecule has 1 aromatic rings. The topological polar surface area (TPSA) is 97.0 Å². The summed E-state index contributed by atoms with van der Waals surface area (Å²) in [6, 6.07) is 5.23. The summed E-state index contributed by atoms with van der Waals surface area (Å²) < 4.78 is 10.6. The minimum atomic E-state index is -0.686. The molecule has 0 bridgehead atoms. The van der Waals surface area contributed by atoms with E-state index in [2.05, 4.69) is 10.6 Å². The van der Waals surface area contributed by atoms with Gasteiger partial charge < -0.3 is 25.0 Å². The first-order valence-electron chi connectivity index (χ1n) is 10.1. The van der Waals surface area contributed by atoms with E-state index in [9.17, 15) is 14.4 Å². The lowest BCUT2D eigenvalue weighted by atomic mass is 10.0. The Morgan fingerprint density at radius 2 is 1.83 bits per heavy atom. The smallest absolute Gasteiger partial charge is 0.409 e. The Bertz CT molecular complexity index is 729. The van der Waals surface area contributed by atoms with Crippen LogP contribution in [0.25, 0.3) is 0 Å². The van der Waals surface area contributed by atoms with E-state index in [1.54, 1.807) is 11.8 Å². The fourth-order valence-electron chi connectivity index (χ4n) is 3.31. The Morgan fingerprint density at radius 1 is 1.14 bits per heavy atom. The quantitative estimate of drug-likeness (QED) is 0.708. The normalized spacial score (nSPS) is 15.4. The maximum Gasteiger partial charge on any atom is 0.409 e. The van der Waals surface area contributed by atoms with Crippen LogP contribution < -0.4 is 15.4 Å². The number of ether oxygens (including phenoxy) is 2. The van der Waals surface area contributed by atoms with Gasteiger partial charge in [0.05, 0.1) is 19.3 Å². The van der Waals surface area contributed by atoms with E-state index in [4.69, 9.17) is 9.47 Å². The van der Waals surface area contributed by atoms with Crippen molar-refractivity contribution in [3.8, 4) is 5.75 Å². The molecule has 8 heteroatoms. The van der Waals surface area contributed by atoms with Crippen molar-refractivity contribution in [2.45, 2.75) is 52.6 Å². The zero-order valence-electron chi connectivity index (χ0n) is 17.6. The molecule has 0 aliphatic carbocycles. The van der Waals surface area contributed by atoms with Crippen molar-refractivity contribution >= 4 is 17.9 Å². The van der Waals surface area contributed by atoms with Crippen molar-refractivity contribution in [1.82, 2.24) is 15.5 Å². The third-order valence-electron chi connectivity index (χ3n) is 4.84. The van der Waals surface area contributed by atoms with E-state index in [-0.39, 0.29) is 18.2 Å². The highest BCUT2D eigenvalue weighted by Crippen LogP contribution is 2.26. The molecule has 2 N–H and O–H groups in total. The molecule has 0 spiro atoms. The third-order valence-corrected chi connectivity index (χ3v) is 4.84. The summed E-state index contributed by atoms with van der Waals surface area (Å²) in [5, 5.41) is 5.50. The molecule has 3 amide bonds. The lowest BCUT2D eigenvalue weighted by Gasteiger charge is -2.31. The summed E-state index contributed by atoms with van der Waals surface area (Å²) in [7, 11) is 0. The Kier molecular flexibility index (Phi) is 8.30. The molecule has 1 aliphatic rings. The number of hydrogen-bond acceptors (Lipinski definition) is 5. The fourth-order valence-corrected chi connectivity index (χ4v) is 3.31. The molecule has 0 radical (unpaired) electrons. The molecule has 0 saturated carbocycles. The van der Waals surface area contributed by atoms with Crippen LogP contribution in [0.3, 0.4) is 0 Å². The predicted molar refractivity (Wildman–Crippen MR) is 109 cm³/mol. The highest BCUT2D eigenvalue weighted by Gasteiger charge is 2.27. The molecular formula is C21H31N3O5. The lowest BCUT2D eigenvalue weighted by molar-refractivity contribution is -0.140. The number of piperidine rings is 1. The largest absolute Gasteiger partial charge is 0.494 e. The van der Waals surface area contributed by atoms with Crippen LogP contribution in [0.2, 0.25) is 0 Å². The minimum Gasteiger partial charge on any atom is -0.494 e. The standard InChI is InChI=1S/C21H31N3O5/c1-5-28-18-8-7-14(3)13-17(18)15(4)22-19(25)20(26)23-16-9-11-24(12-10-16)21(27)29-6-2/h7-8,13,15-16H,5-6,9-12H2,1-4H3,(H,22,25)(H,23,26). The van der Waals surface area contributed by atoms with Gasteiger partial charge >= 0.3 is 17.9 Å². The average molecular weight is 405 g/mol. The second-order valence-electron chi connectivity index (χ2n) is 7.10. The fraction of sp³-hybridized carbons (Fsp3) is 0.571. The average Bonchev–Trinajstić information content (AvgIpc) is 2.70. The van der Waals surface area contributed by atoms with Crippen molar-refractivity contribution in [2.24, 2.45) is 0 Å². The van der Waals surface area contributed by atoms with Gasteiger partial charge in [0.25, 0.3) is 0 Å². The van der Waals surface area contributed by atoms with Crippen molar-refractivity contribution in [3.05, 3.63) is 29.3 Å². The molecule has 8 nitrogen and oxygen atoms in total. The van der Waals surface area contributed by atoms with Gasteiger partial charge in [-0.1, -0.05) is 17.7 Å². The Balaban J connectivity index is 1.88. The van der Waals surface area contributed by atoms with E-state index in [0.29, 0.717) is 44.9 Å². The summed E-state index contributed by atoms with van der Waals surface area (Å²) in [5.74, 6) is -0.663. The van der Waals surface area contributed by atoms with Gasteiger partial charge in [0.15, 0.2) is 0 Å². The number of carbonyl (C=O) groups is 3. The van der Waals surface area contributed by atoms with Crippen LogP contribution in [0.15, 0.2) is 18.2 Å². The van der Waals surface area contributed by atoms with Gasteiger partial charge in [0.2, 0.25) is 0 Å². The highest BCUT2D eigenvalue weighted by molar-refractivity contribution is 6.35. The summed E-state index contributed by atoms with van der Waals surface area (Å²) in [5.41, 5.74) is 1.87. The van der Waals surface area contributed by atoms with Gasteiger partial charge in [0, 0.05) is 24.7 Å². The van der Waals surface area contributed by atoms with Crippen molar-refractivity contribution in [3.63, 3.8) is 0 Å². The van der Waals surface area contributed by atoms with E-state index in [0.717, 1.165) is 11.1 Å². The van der Waals surface area contributed by atoms with Crippen LogP contribution in [0.5, 0.6) is 5.75 Å². The van der Waals surface area contributed by atoms with Gasteiger partial charge in [-0.25, -0.2) is 4.79 Å². The second kappa shape index (κ2) is 10.7. The number of benzene rings is 1. The number of amides is 3. The van der Waals surface area contributed by atoms with E-state index in [1.165, 1.54) is 0 Å². The van der Waals surface area contributed by atoms with Crippen LogP contribution in [-0.2, 0) is 14.3 Å². The van der Waals surface area contributed by atoms with Gasteiger partial charge in [-0.3, -0.25) is 9.59 Å². The first kappa shape index (κ1) is 22.5. The summed E-state index contributed by atoms with van der Waals surface area (Å²) in [6.45, 7) is 9.27. The molecule has 0 aromatic heterocycles. The van der Waals surface area contributed by atoms with Crippen LogP contribution in [-0.4, -0.2) is 55.2 Å².